The number of aryl methyl sites for hydroxylation is 1. The molecule has 2 heterocycles. The molecule has 0 fully saturated rings. The van der Waals surface area contributed by atoms with Gasteiger partial charge >= 0.3 is 0 Å². The molecule has 0 aliphatic carbocycles. The fourth-order valence-electron chi connectivity index (χ4n) is 1.18. The second kappa shape index (κ2) is 5.20. The summed E-state index contributed by atoms with van der Waals surface area (Å²) in [6.07, 6.45) is 2.75. The Morgan fingerprint density at radius 3 is 2.94 bits per heavy atom. The maximum Gasteiger partial charge on any atom is 0.271 e. The molecule has 5 nitrogen and oxygen atoms in total. The summed E-state index contributed by atoms with van der Waals surface area (Å²) in [7, 11) is 0. The smallest absolute Gasteiger partial charge is 0.271 e. The number of nitrogens with zero attached hydrogens (tertiary/aromatic N) is 3. The molecular formula is C10H9ClN4OS. The maximum atomic E-state index is 11.7. The second-order valence-electron chi connectivity index (χ2n) is 3.29. The normalized spacial score (nSPS) is 10.2. The van der Waals surface area contributed by atoms with Crippen molar-refractivity contribution in [1.82, 2.24) is 20.3 Å². The van der Waals surface area contributed by atoms with Crippen LogP contribution in [0, 0.1) is 6.92 Å². The average Bonchev–Trinajstić information content (AvgIpc) is 2.72. The highest BCUT2D eigenvalue weighted by molar-refractivity contribution is 7.09. The van der Waals surface area contributed by atoms with E-state index in [2.05, 4.69) is 20.3 Å². The summed E-state index contributed by atoms with van der Waals surface area (Å²) < 4.78 is 0. The standard InChI is InChI=1S/C10H9ClN4OS/c1-6-5-17-9(14-6)4-13-10(16)7-2-12-3-8(11)15-7/h2-3,5H,4H2,1H3,(H,13,16). The number of thiazole rings is 1. The Balaban J connectivity index is 1.98. The highest BCUT2D eigenvalue weighted by atomic mass is 35.5. The first-order chi connectivity index (χ1) is 8.15. The number of rotatable bonds is 3. The lowest BCUT2D eigenvalue weighted by Crippen LogP contribution is -2.23. The summed E-state index contributed by atoms with van der Waals surface area (Å²) in [4.78, 5) is 23.6. The highest BCUT2D eigenvalue weighted by Gasteiger charge is 2.08. The molecule has 0 aliphatic rings. The molecule has 1 amide bonds. The van der Waals surface area contributed by atoms with Crippen LogP contribution in [-0.2, 0) is 6.54 Å². The number of amides is 1. The van der Waals surface area contributed by atoms with Crippen LogP contribution in [0.15, 0.2) is 17.8 Å². The van der Waals surface area contributed by atoms with E-state index in [0.717, 1.165) is 10.7 Å². The highest BCUT2D eigenvalue weighted by Crippen LogP contribution is 2.08. The molecule has 7 heteroatoms. The van der Waals surface area contributed by atoms with Crippen LogP contribution >= 0.6 is 22.9 Å². The van der Waals surface area contributed by atoms with Gasteiger partial charge in [-0.25, -0.2) is 9.97 Å². The van der Waals surface area contributed by atoms with Crippen molar-refractivity contribution in [3.05, 3.63) is 39.3 Å². The van der Waals surface area contributed by atoms with Gasteiger partial charge in [0.25, 0.3) is 5.91 Å². The van der Waals surface area contributed by atoms with Crippen molar-refractivity contribution in [1.29, 1.82) is 0 Å². The van der Waals surface area contributed by atoms with Gasteiger partial charge in [-0.3, -0.25) is 9.78 Å². The summed E-state index contributed by atoms with van der Waals surface area (Å²) in [6, 6.07) is 0. The van der Waals surface area contributed by atoms with Crippen LogP contribution in [0.3, 0.4) is 0 Å². The van der Waals surface area contributed by atoms with Crippen LogP contribution in [0.25, 0.3) is 0 Å². The van der Waals surface area contributed by atoms with Gasteiger partial charge in [-0.2, -0.15) is 0 Å². The van der Waals surface area contributed by atoms with E-state index in [9.17, 15) is 4.79 Å². The third kappa shape index (κ3) is 3.21. The van der Waals surface area contributed by atoms with E-state index in [1.165, 1.54) is 23.7 Å². The first kappa shape index (κ1) is 11.9. The van der Waals surface area contributed by atoms with E-state index in [1.54, 1.807) is 0 Å². The number of carbonyl (C=O) groups excluding carboxylic acids is 1. The van der Waals surface area contributed by atoms with E-state index in [1.807, 2.05) is 12.3 Å². The topological polar surface area (TPSA) is 67.8 Å². The van der Waals surface area contributed by atoms with E-state index >= 15 is 0 Å². The summed E-state index contributed by atoms with van der Waals surface area (Å²) in [5.74, 6) is -0.312. The predicted octanol–water partition coefficient (Wildman–Crippen LogP) is 1.82. The molecule has 2 aromatic rings. The maximum absolute atomic E-state index is 11.7. The van der Waals surface area contributed by atoms with Crippen molar-refractivity contribution in [3.8, 4) is 0 Å². The summed E-state index contributed by atoms with van der Waals surface area (Å²) >= 11 is 7.15. The first-order valence-electron chi connectivity index (χ1n) is 4.82. The number of halogens is 1. The van der Waals surface area contributed by atoms with Crippen LogP contribution in [-0.4, -0.2) is 20.9 Å². The van der Waals surface area contributed by atoms with Crippen LogP contribution in [0.4, 0.5) is 0 Å². The largest absolute Gasteiger partial charge is 0.344 e. The first-order valence-corrected chi connectivity index (χ1v) is 6.07. The molecule has 2 rings (SSSR count). The molecule has 0 bridgehead atoms. The molecule has 88 valence electrons. The number of aromatic nitrogens is 3. The zero-order chi connectivity index (χ0) is 12.3. The van der Waals surface area contributed by atoms with Crippen LogP contribution in [0.1, 0.15) is 21.2 Å². The molecule has 0 saturated carbocycles. The van der Waals surface area contributed by atoms with Gasteiger partial charge in [-0.15, -0.1) is 11.3 Å². The number of hydrogen-bond donors (Lipinski definition) is 1. The quantitative estimate of drug-likeness (QED) is 0.922. The third-order valence-corrected chi connectivity index (χ3v) is 3.05. The second-order valence-corrected chi connectivity index (χ2v) is 4.62. The van der Waals surface area contributed by atoms with Crippen LogP contribution < -0.4 is 5.32 Å². The predicted molar refractivity (Wildman–Crippen MR) is 65.1 cm³/mol. The van der Waals surface area contributed by atoms with E-state index < -0.39 is 0 Å². The minimum atomic E-state index is -0.312. The molecule has 1 N–H and O–H groups in total. The zero-order valence-corrected chi connectivity index (χ0v) is 10.5. The molecule has 0 atom stereocenters. The monoisotopic (exact) mass is 268 g/mol. The van der Waals surface area contributed by atoms with Crippen molar-refractivity contribution in [2.45, 2.75) is 13.5 Å². The lowest BCUT2D eigenvalue weighted by atomic mass is 10.4. The van der Waals surface area contributed by atoms with E-state index in [-0.39, 0.29) is 16.8 Å². The molecule has 2 aromatic heterocycles. The van der Waals surface area contributed by atoms with Crippen molar-refractivity contribution in [2.75, 3.05) is 0 Å². The van der Waals surface area contributed by atoms with Gasteiger partial charge in [0.15, 0.2) is 0 Å². The number of hydrogen-bond acceptors (Lipinski definition) is 5. The lowest BCUT2D eigenvalue weighted by Gasteiger charge is -2.01. The van der Waals surface area contributed by atoms with Gasteiger partial charge in [0.2, 0.25) is 0 Å². The molecular weight excluding hydrogens is 260 g/mol. The Hall–Kier alpha value is -1.53. The average molecular weight is 269 g/mol. The third-order valence-electron chi connectivity index (χ3n) is 1.90. The fourth-order valence-corrected chi connectivity index (χ4v) is 2.04. The Morgan fingerprint density at radius 2 is 2.29 bits per heavy atom. The van der Waals surface area contributed by atoms with Crippen molar-refractivity contribution >= 4 is 28.8 Å². The fraction of sp³-hybridized carbons (Fsp3) is 0.200. The Morgan fingerprint density at radius 1 is 1.47 bits per heavy atom. The molecule has 0 spiro atoms. The minimum absolute atomic E-state index is 0.197. The number of nitrogens with one attached hydrogen (secondary N) is 1. The van der Waals surface area contributed by atoms with Crippen LogP contribution in [0.2, 0.25) is 5.15 Å². The Kier molecular flexibility index (Phi) is 3.65. The van der Waals surface area contributed by atoms with Crippen molar-refractivity contribution < 1.29 is 4.79 Å². The minimum Gasteiger partial charge on any atom is -0.344 e. The SMILES string of the molecule is Cc1csc(CNC(=O)c2cncc(Cl)n2)n1. The van der Waals surface area contributed by atoms with Gasteiger partial charge in [-0.1, -0.05) is 11.6 Å². The van der Waals surface area contributed by atoms with Crippen LogP contribution in [0.5, 0.6) is 0 Å². The molecule has 0 radical (unpaired) electrons. The summed E-state index contributed by atoms with van der Waals surface area (Å²) in [6.45, 7) is 2.29. The van der Waals surface area contributed by atoms with E-state index in [0.29, 0.717) is 6.54 Å². The molecule has 17 heavy (non-hydrogen) atoms. The van der Waals surface area contributed by atoms with Gasteiger partial charge in [0.1, 0.15) is 15.9 Å². The molecule has 0 aromatic carbocycles. The molecule has 0 aliphatic heterocycles. The summed E-state index contributed by atoms with van der Waals surface area (Å²) in [5.41, 5.74) is 1.15. The van der Waals surface area contributed by atoms with Gasteiger partial charge in [0.05, 0.1) is 18.9 Å². The van der Waals surface area contributed by atoms with Gasteiger partial charge in [-0.05, 0) is 6.92 Å². The van der Waals surface area contributed by atoms with Crippen molar-refractivity contribution in [2.24, 2.45) is 0 Å². The Bertz CT molecular complexity index is 543. The molecule has 0 saturated heterocycles. The Labute approximate surface area is 107 Å². The lowest BCUT2D eigenvalue weighted by molar-refractivity contribution is 0.0945. The van der Waals surface area contributed by atoms with E-state index in [4.69, 9.17) is 11.6 Å². The summed E-state index contributed by atoms with van der Waals surface area (Å²) in [5, 5.41) is 5.68. The van der Waals surface area contributed by atoms with Gasteiger partial charge < -0.3 is 5.32 Å². The molecule has 0 unspecified atom stereocenters. The zero-order valence-electron chi connectivity index (χ0n) is 8.98. The van der Waals surface area contributed by atoms with Crippen molar-refractivity contribution in [3.63, 3.8) is 0 Å². The number of carbonyl (C=O) groups is 1. The van der Waals surface area contributed by atoms with Gasteiger partial charge in [0, 0.05) is 11.1 Å².